The minimum Gasteiger partial charge on any atom is -0.371 e. The highest BCUT2D eigenvalue weighted by Gasteiger charge is 2.20. The van der Waals surface area contributed by atoms with Crippen LogP contribution < -0.4 is 10.2 Å². The van der Waals surface area contributed by atoms with Crippen molar-refractivity contribution in [3.05, 3.63) is 59.9 Å². The Labute approximate surface area is 162 Å². The number of anilines is 1. The second kappa shape index (κ2) is 9.51. The molecule has 27 heavy (non-hydrogen) atoms. The number of amides is 1. The van der Waals surface area contributed by atoms with E-state index in [1.165, 1.54) is 18.4 Å². The fraction of sp³-hybridized carbons (Fsp3) is 0.455. The summed E-state index contributed by atoms with van der Waals surface area (Å²) < 4.78 is 0. The van der Waals surface area contributed by atoms with Crippen molar-refractivity contribution < 1.29 is 4.79 Å². The lowest BCUT2D eigenvalue weighted by atomic mass is 9.90. The minimum absolute atomic E-state index is 0.0994. The molecule has 0 atom stereocenters. The van der Waals surface area contributed by atoms with Crippen LogP contribution in [0.5, 0.6) is 0 Å². The van der Waals surface area contributed by atoms with E-state index < -0.39 is 0 Å². The number of rotatable bonds is 7. The highest BCUT2D eigenvalue weighted by Crippen LogP contribution is 2.25. The number of carbonyl (C=O) groups is 1. The Morgan fingerprint density at radius 2 is 1.93 bits per heavy atom. The summed E-state index contributed by atoms with van der Waals surface area (Å²) in [6.07, 6.45) is 5.26. The number of likely N-dealkylation sites (N-methyl/N-ethyl adjacent to an activating group) is 1. The van der Waals surface area contributed by atoms with Crippen molar-refractivity contribution in [2.75, 3.05) is 45.2 Å². The van der Waals surface area contributed by atoms with Crippen LogP contribution in [0.4, 0.5) is 5.69 Å². The minimum atomic E-state index is -0.0994. The summed E-state index contributed by atoms with van der Waals surface area (Å²) in [5.41, 5.74) is 3.02. The molecule has 0 bridgehead atoms. The fourth-order valence-corrected chi connectivity index (χ4v) is 3.57. The van der Waals surface area contributed by atoms with Gasteiger partial charge in [-0.1, -0.05) is 30.3 Å². The van der Waals surface area contributed by atoms with Crippen molar-refractivity contribution in [1.82, 2.24) is 15.2 Å². The third-order valence-electron chi connectivity index (χ3n) is 5.17. The predicted octanol–water partition coefficient (Wildman–Crippen LogP) is 2.83. The zero-order valence-corrected chi connectivity index (χ0v) is 16.4. The molecule has 1 aliphatic heterocycles. The van der Waals surface area contributed by atoms with Crippen molar-refractivity contribution in [3.63, 3.8) is 0 Å². The normalized spacial score (nSPS) is 15.1. The highest BCUT2D eigenvalue weighted by atomic mass is 16.1. The molecule has 0 aliphatic carbocycles. The second-order valence-electron chi connectivity index (χ2n) is 7.58. The molecule has 5 heteroatoms. The van der Waals surface area contributed by atoms with E-state index in [9.17, 15) is 4.79 Å². The largest absolute Gasteiger partial charge is 0.371 e. The molecule has 1 aromatic carbocycles. The first-order valence-electron chi connectivity index (χ1n) is 9.79. The Balaban J connectivity index is 1.53. The third-order valence-corrected chi connectivity index (χ3v) is 5.17. The molecule has 1 amide bonds. The van der Waals surface area contributed by atoms with Crippen LogP contribution in [-0.4, -0.2) is 56.1 Å². The van der Waals surface area contributed by atoms with Crippen molar-refractivity contribution in [2.45, 2.75) is 19.3 Å². The molecule has 2 heterocycles. The molecular weight excluding hydrogens is 336 g/mol. The summed E-state index contributed by atoms with van der Waals surface area (Å²) in [6, 6.07) is 14.7. The Morgan fingerprint density at radius 3 is 2.63 bits per heavy atom. The van der Waals surface area contributed by atoms with Crippen molar-refractivity contribution in [2.24, 2.45) is 5.92 Å². The molecule has 2 aromatic rings. The van der Waals surface area contributed by atoms with Crippen LogP contribution in [0.15, 0.2) is 48.7 Å². The number of nitrogens with zero attached hydrogens (tertiary/aromatic N) is 3. The number of pyridine rings is 1. The molecule has 1 N–H and O–H groups in total. The Hall–Kier alpha value is -2.40. The van der Waals surface area contributed by atoms with Gasteiger partial charge in [-0.3, -0.25) is 9.78 Å². The molecule has 1 saturated heterocycles. The SMILES string of the molecule is CN(C)CCNC(=O)c1cc(N2CCC(Cc3ccccc3)CC2)ccn1. The summed E-state index contributed by atoms with van der Waals surface area (Å²) in [5.74, 6) is 0.636. The van der Waals surface area contributed by atoms with E-state index in [4.69, 9.17) is 0 Å². The van der Waals surface area contributed by atoms with Gasteiger partial charge in [0.2, 0.25) is 0 Å². The standard InChI is InChI=1S/C22H30N4O/c1-25(2)15-12-24-22(27)21-17-20(8-11-23-21)26-13-9-19(10-14-26)16-18-6-4-3-5-7-18/h3-8,11,17,19H,9-10,12-16H2,1-2H3,(H,24,27). The number of carbonyl (C=O) groups excluding carboxylic acids is 1. The fourth-order valence-electron chi connectivity index (χ4n) is 3.57. The first-order chi connectivity index (χ1) is 13.1. The molecule has 5 nitrogen and oxygen atoms in total. The van der Waals surface area contributed by atoms with Gasteiger partial charge in [-0.15, -0.1) is 0 Å². The molecule has 0 saturated carbocycles. The maximum atomic E-state index is 12.3. The van der Waals surface area contributed by atoms with Crippen LogP contribution in [0, 0.1) is 5.92 Å². The Bertz CT molecular complexity index is 724. The second-order valence-corrected chi connectivity index (χ2v) is 7.58. The first-order valence-corrected chi connectivity index (χ1v) is 9.79. The lowest BCUT2D eigenvalue weighted by Gasteiger charge is -2.33. The summed E-state index contributed by atoms with van der Waals surface area (Å²) in [4.78, 5) is 21.0. The number of hydrogen-bond donors (Lipinski definition) is 1. The first kappa shape index (κ1) is 19.4. The molecule has 1 aromatic heterocycles. The van der Waals surface area contributed by atoms with Gasteiger partial charge < -0.3 is 15.1 Å². The van der Waals surface area contributed by atoms with Gasteiger partial charge in [-0.25, -0.2) is 0 Å². The molecular formula is C22H30N4O. The smallest absolute Gasteiger partial charge is 0.269 e. The van der Waals surface area contributed by atoms with Gasteiger partial charge in [0.25, 0.3) is 5.91 Å². The molecule has 3 rings (SSSR count). The molecule has 1 aliphatic rings. The van der Waals surface area contributed by atoms with E-state index in [-0.39, 0.29) is 5.91 Å². The molecule has 0 unspecified atom stereocenters. The molecule has 0 radical (unpaired) electrons. The quantitative estimate of drug-likeness (QED) is 0.819. The maximum absolute atomic E-state index is 12.3. The van der Waals surface area contributed by atoms with Gasteiger partial charge in [0, 0.05) is 38.1 Å². The topological polar surface area (TPSA) is 48.5 Å². The van der Waals surface area contributed by atoms with E-state index in [2.05, 4.69) is 45.5 Å². The van der Waals surface area contributed by atoms with Gasteiger partial charge in [-0.2, -0.15) is 0 Å². The lowest BCUT2D eigenvalue weighted by molar-refractivity contribution is 0.0946. The van der Waals surface area contributed by atoms with Crippen LogP contribution in [0.2, 0.25) is 0 Å². The average molecular weight is 367 g/mol. The van der Waals surface area contributed by atoms with Gasteiger partial charge in [-0.05, 0) is 57.0 Å². The Kier molecular flexibility index (Phi) is 6.82. The van der Waals surface area contributed by atoms with E-state index in [1.54, 1.807) is 6.20 Å². The van der Waals surface area contributed by atoms with Gasteiger partial charge in [0.1, 0.15) is 5.69 Å². The van der Waals surface area contributed by atoms with Crippen LogP contribution in [0.25, 0.3) is 0 Å². The molecule has 144 valence electrons. The Morgan fingerprint density at radius 1 is 1.19 bits per heavy atom. The van der Waals surface area contributed by atoms with E-state index in [1.807, 2.05) is 31.1 Å². The van der Waals surface area contributed by atoms with E-state index in [0.29, 0.717) is 12.2 Å². The van der Waals surface area contributed by atoms with Gasteiger partial charge >= 0.3 is 0 Å². The zero-order valence-electron chi connectivity index (χ0n) is 16.4. The van der Waals surface area contributed by atoms with Crippen LogP contribution in [0.3, 0.4) is 0 Å². The molecule has 1 fully saturated rings. The number of piperidine rings is 1. The average Bonchev–Trinajstić information content (AvgIpc) is 2.69. The van der Waals surface area contributed by atoms with Crippen molar-refractivity contribution in [1.29, 1.82) is 0 Å². The third kappa shape index (κ3) is 5.79. The van der Waals surface area contributed by atoms with E-state index >= 15 is 0 Å². The van der Waals surface area contributed by atoms with Crippen molar-refractivity contribution >= 4 is 11.6 Å². The number of aromatic nitrogens is 1. The summed E-state index contributed by atoms with van der Waals surface area (Å²) in [6.45, 7) is 3.51. The highest BCUT2D eigenvalue weighted by molar-refractivity contribution is 5.93. The number of nitrogens with one attached hydrogen (secondary N) is 1. The molecule has 0 spiro atoms. The zero-order chi connectivity index (χ0) is 19.1. The van der Waals surface area contributed by atoms with Crippen LogP contribution in [-0.2, 0) is 6.42 Å². The van der Waals surface area contributed by atoms with Gasteiger partial charge in [0.15, 0.2) is 0 Å². The maximum Gasteiger partial charge on any atom is 0.269 e. The van der Waals surface area contributed by atoms with Crippen LogP contribution >= 0.6 is 0 Å². The monoisotopic (exact) mass is 366 g/mol. The number of benzene rings is 1. The van der Waals surface area contributed by atoms with Crippen molar-refractivity contribution in [3.8, 4) is 0 Å². The van der Waals surface area contributed by atoms with Crippen LogP contribution in [0.1, 0.15) is 28.9 Å². The number of hydrogen-bond acceptors (Lipinski definition) is 4. The summed E-state index contributed by atoms with van der Waals surface area (Å²) in [7, 11) is 3.99. The summed E-state index contributed by atoms with van der Waals surface area (Å²) >= 11 is 0. The predicted molar refractivity (Wildman–Crippen MR) is 110 cm³/mol. The summed E-state index contributed by atoms with van der Waals surface area (Å²) in [5, 5.41) is 2.93. The lowest BCUT2D eigenvalue weighted by Crippen LogP contribution is -2.35. The van der Waals surface area contributed by atoms with E-state index in [0.717, 1.165) is 37.7 Å². The van der Waals surface area contributed by atoms with Gasteiger partial charge in [0.05, 0.1) is 0 Å².